The summed E-state index contributed by atoms with van der Waals surface area (Å²) in [4.78, 5) is 26.6. The Morgan fingerprint density at radius 3 is 2.48 bits per heavy atom. The van der Waals surface area contributed by atoms with Gasteiger partial charge in [0, 0.05) is 31.5 Å². The number of carbonyl (C=O) groups is 2. The molecule has 1 aliphatic carbocycles. The van der Waals surface area contributed by atoms with Crippen LogP contribution < -0.4 is 10.1 Å². The monoisotopic (exact) mass is 344 g/mol. The fourth-order valence-electron chi connectivity index (χ4n) is 3.65. The smallest absolute Gasteiger partial charge is 0.225 e. The van der Waals surface area contributed by atoms with Gasteiger partial charge in [0.05, 0.1) is 7.11 Å². The summed E-state index contributed by atoms with van der Waals surface area (Å²) in [5.41, 5.74) is 1.10. The Morgan fingerprint density at radius 2 is 1.84 bits per heavy atom. The maximum Gasteiger partial charge on any atom is 0.225 e. The van der Waals surface area contributed by atoms with E-state index in [1.807, 2.05) is 29.2 Å². The van der Waals surface area contributed by atoms with Crippen molar-refractivity contribution in [3.63, 3.8) is 0 Å². The zero-order chi connectivity index (χ0) is 17.6. The van der Waals surface area contributed by atoms with Gasteiger partial charge in [-0.15, -0.1) is 0 Å². The molecule has 25 heavy (non-hydrogen) atoms. The van der Waals surface area contributed by atoms with E-state index >= 15 is 0 Å². The van der Waals surface area contributed by atoms with E-state index in [0.29, 0.717) is 12.5 Å². The van der Waals surface area contributed by atoms with Crippen LogP contribution in [0.25, 0.3) is 0 Å². The summed E-state index contributed by atoms with van der Waals surface area (Å²) in [6, 6.07) is 7.88. The Labute approximate surface area is 149 Å². The molecule has 0 bridgehead atoms. The third-order valence-corrected chi connectivity index (χ3v) is 5.52. The molecule has 2 amide bonds. The van der Waals surface area contributed by atoms with E-state index < -0.39 is 0 Å². The van der Waals surface area contributed by atoms with Crippen molar-refractivity contribution in [3.8, 4) is 5.75 Å². The third kappa shape index (κ3) is 4.33. The van der Waals surface area contributed by atoms with Crippen molar-refractivity contribution < 1.29 is 14.3 Å². The molecule has 5 nitrogen and oxygen atoms in total. The van der Waals surface area contributed by atoms with Gasteiger partial charge in [-0.25, -0.2) is 0 Å². The largest absolute Gasteiger partial charge is 0.496 e. The average molecular weight is 344 g/mol. The zero-order valence-electron chi connectivity index (χ0n) is 15.0. The van der Waals surface area contributed by atoms with Crippen LogP contribution in [-0.2, 0) is 16.0 Å². The van der Waals surface area contributed by atoms with Crippen LogP contribution in [0.5, 0.6) is 5.75 Å². The molecule has 5 heteroatoms. The van der Waals surface area contributed by atoms with Crippen LogP contribution in [0.3, 0.4) is 0 Å². The lowest BCUT2D eigenvalue weighted by Crippen LogP contribution is -2.46. The summed E-state index contributed by atoms with van der Waals surface area (Å²) in [6.07, 6.45) is 5.58. The number of nitrogens with zero attached hydrogens (tertiary/aromatic N) is 1. The first-order valence-corrected chi connectivity index (χ1v) is 9.37. The van der Waals surface area contributed by atoms with Crippen LogP contribution in [0.15, 0.2) is 24.3 Å². The molecular formula is C20H28N2O3. The van der Waals surface area contributed by atoms with Crippen molar-refractivity contribution in [1.29, 1.82) is 0 Å². The summed E-state index contributed by atoms with van der Waals surface area (Å²) in [5, 5.41) is 3.04. The van der Waals surface area contributed by atoms with Crippen molar-refractivity contribution in [2.24, 2.45) is 11.8 Å². The Kier molecular flexibility index (Phi) is 5.95. The van der Waals surface area contributed by atoms with Gasteiger partial charge in [-0.2, -0.15) is 0 Å². The summed E-state index contributed by atoms with van der Waals surface area (Å²) in [6.45, 7) is 2.06. The number of ether oxygens (including phenoxy) is 1. The van der Waals surface area contributed by atoms with Gasteiger partial charge in [0.1, 0.15) is 5.75 Å². The predicted molar refractivity (Wildman–Crippen MR) is 96.4 cm³/mol. The molecule has 0 radical (unpaired) electrons. The molecule has 0 aromatic heterocycles. The third-order valence-electron chi connectivity index (χ3n) is 5.52. The number of methoxy groups -OCH3 is 1. The fraction of sp³-hybridized carbons (Fsp3) is 0.600. The summed E-state index contributed by atoms with van der Waals surface area (Å²) in [7, 11) is 1.66. The SMILES string of the molecule is COc1ccccc1CCNC(=O)C1CCN(C(=O)C2CCC2)CC1. The number of carbonyl (C=O) groups excluding carboxylic acids is 2. The molecule has 136 valence electrons. The molecule has 1 aromatic rings. The van der Waals surface area contributed by atoms with Gasteiger partial charge in [-0.3, -0.25) is 9.59 Å². The highest BCUT2D eigenvalue weighted by Gasteiger charge is 2.33. The van der Waals surface area contributed by atoms with Gasteiger partial charge >= 0.3 is 0 Å². The Morgan fingerprint density at radius 1 is 1.12 bits per heavy atom. The van der Waals surface area contributed by atoms with Crippen LogP contribution in [0.1, 0.15) is 37.7 Å². The maximum atomic E-state index is 12.4. The first-order valence-electron chi connectivity index (χ1n) is 9.37. The van der Waals surface area contributed by atoms with E-state index in [0.717, 1.165) is 56.5 Å². The standard InChI is InChI=1S/C20H28N2O3/c1-25-18-8-3-2-5-15(18)9-12-21-19(23)16-10-13-22(14-11-16)20(24)17-6-4-7-17/h2-3,5,8,16-17H,4,6-7,9-14H2,1H3,(H,21,23). The van der Waals surface area contributed by atoms with Crippen molar-refractivity contribution >= 4 is 11.8 Å². The number of likely N-dealkylation sites (tertiary alicyclic amines) is 1. The minimum Gasteiger partial charge on any atom is -0.496 e. The van der Waals surface area contributed by atoms with Crippen molar-refractivity contribution in [3.05, 3.63) is 29.8 Å². The topological polar surface area (TPSA) is 58.6 Å². The molecule has 1 N–H and O–H groups in total. The second-order valence-corrected chi connectivity index (χ2v) is 7.08. The number of piperidine rings is 1. The zero-order valence-corrected chi connectivity index (χ0v) is 15.0. The summed E-state index contributed by atoms with van der Waals surface area (Å²) in [5.74, 6) is 1.57. The first kappa shape index (κ1) is 17.8. The molecule has 1 aromatic carbocycles. The van der Waals surface area contributed by atoms with Crippen LogP contribution >= 0.6 is 0 Å². The molecule has 0 unspecified atom stereocenters. The molecular weight excluding hydrogens is 316 g/mol. The van der Waals surface area contributed by atoms with E-state index in [2.05, 4.69) is 5.32 Å². The summed E-state index contributed by atoms with van der Waals surface area (Å²) < 4.78 is 5.34. The second kappa shape index (κ2) is 8.37. The van der Waals surface area contributed by atoms with Gasteiger partial charge in [-0.05, 0) is 43.7 Å². The van der Waals surface area contributed by atoms with Crippen molar-refractivity contribution in [2.45, 2.75) is 38.5 Å². The van der Waals surface area contributed by atoms with Gasteiger partial charge < -0.3 is 15.0 Å². The number of amides is 2. The van der Waals surface area contributed by atoms with E-state index in [-0.39, 0.29) is 17.7 Å². The Hall–Kier alpha value is -2.04. The Balaban J connectivity index is 1.40. The fourth-order valence-corrected chi connectivity index (χ4v) is 3.65. The normalized spacial score (nSPS) is 18.5. The minimum absolute atomic E-state index is 0.0307. The lowest BCUT2D eigenvalue weighted by Gasteiger charge is -2.36. The second-order valence-electron chi connectivity index (χ2n) is 7.08. The lowest BCUT2D eigenvalue weighted by atomic mass is 9.83. The molecule has 1 heterocycles. The number of hydrogen-bond donors (Lipinski definition) is 1. The maximum absolute atomic E-state index is 12.4. The first-order chi connectivity index (χ1) is 12.2. The van der Waals surface area contributed by atoms with Gasteiger partial charge in [0.15, 0.2) is 0 Å². The summed E-state index contributed by atoms with van der Waals surface area (Å²) >= 11 is 0. The highest BCUT2D eigenvalue weighted by atomic mass is 16.5. The molecule has 1 aliphatic heterocycles. The van der Waals surface area contributed by atoms with Crippen molar-refractivity contribution in [1.82, 2.24) is 10.2 Å². The molecule has 2 fully saturated rings. The number of hydrogen-bond acceptors (Lipinski definition) is 3. The van der Waals surface area contributed by atoms with E-state index in [1.54, 1.807) is 7.11 Å². The van der Waals surface area contributed by atoms with Crippen LogP contribution in [0.2, 0.25) is 0 Å². The number of para-hydroxylation sites is 1. The number of nitrogens with one attached hydrogen (secondary N) is 1. The van der Waals surface area contributed by atoms with Crippen LogP contribution in [0, 0.1) is 11.8 Å². The molecule has 2 aliphatic rings. The van der Waals surface area contributed by atoms with Crippen molar-refractivity contribution in [2.75, 3.05) is 26.7 Å². The molecule has 0 spiro atoms. The predicted octanol–water partition coefficient (Wildman–Crippen LogP) is 2.39. The van der Waals surface area contributed by atoms with Crippen LogP contribution in [-0.4, -0.2) is 43.5 Å². The average Bonchev–Trinajstić information content (AvgIpc) is 2.60. The molecule has 1 saturated heterocycles. The van der Waals surface area contributed by atoms with Gasteiger partial charge in [-0.1, -0.05) is 24.6 Å². The molecule has 3 rings (SSSR count). The number of rotatable bonds is 6. The minimum atomic E-state index is 0.0307. The van der Waals surface area contributed by atoms with E-state index in [1.165, 1.54) is 6.42 Å². The highest BCUT2D eigenvalue weighted by molar-refractivity contribution is 5.81. The quantitative estimate of drug-likeness (QED) is 0.862. The molecule has 0 atom stereocenters. The van der Waals surface area contributed by atoms with Gasteiger partial charge in [0.25, 0.3) is 0 Å². The lowest BCUT2D eigenvalue weighted by molar-refractivity contribution is -0.141. The van der Waals surface area contributed by atoms with Gasteiger partial charge in [0.2, 0.25) is 11.8 Å². The highest BCUT2D eigenvalue weighted by Crippen LogP contribution is 2.30. The Bertz CT molecular complexity index is 605. The molecule has 1 saturated carbocycles. The van der Waals surface area contributed by atoms with E-state index in [9.17, 15) is 9.59 Å². The number of benzene rings is 1. The van der Waals surface area contributed by atoms with E-state index in [4.69, 9.17) is 4.74 Å². The van der Waals surface area contributed by atoms with Crippen LogP contribution in [0.4, 0.5) is 0 Å².